The third-order valence-electron chi connectivity index (χ3n) is 4.21. The molecule has 0 spiro atoms. The van der Waals surface area contributed by atoms with E-state index in [1.807, 2.05) is 6.92 Å². The van der Waals surface area contributed by atoms with Crippen molar-refractivity contribution >= 4 is 50.1 Å². The molecule has 0 radical (unpaired) electrons. The Labute approximate surface area is 188 Å². The maximum atomic E-state index is 12.3. The van der Waals surface area contributed by atoms with E-state index in [1.54, 1.807) is 30.3 Å². The normalized spacial score (nSPS) is 11.7. The number of nitrogens with two attached hydrogens (primary N) is 1. The molecule has 0 bridgehead atoms. The number of benzene rings is 1. The van der Waals surface area contributed by atoms with E-state index in [-0.39, 0.29) is 29.1 Å². The van der Waals surface area contributed by atoms with Crippen LogP contribution in [0.5, 0.6) is 5.88 Å². The molecule has 0 saturated carbocycles. The number of thiazole rings is 1. The summed E-state index contributed by atoms with van der Waals surface area (Å²) in [6.07, 6.45) is 5.16. The number of carbonyl (C=O) groups excluding carboxylic acids is 1. The lowest BCUT2D eigenvalue weighted by molar-refractivity contribution is 0.0694. The Hall–Kier alpha value is -2.66. The van der Waals surface area contributed by atoms with Gasteiger partial charge in [-0.05, 0) is 29.7 Å². The quantitative estimate of drug-likeness (QED) is 0.441. The van der Waals surface area contributed by atoms with Crippen LogP contribution < -0.4 is 15.2 Å². The number of anilines is 1. The second-order valence-electron chi connectivity index (χ2n) is 6.31. The van der Waals surface area contributed by atoms with Gasteiger partial charge < -0.3 is 14.9 Å². The van der Waals surface area contributed by atoms with Crippen molar-refractivity contribution in [3.05, 3.63) is 69.5 Å². The van der Waals surface area contributed by atoms with Crippen LogP contribution >= 0.6 is 22.9 Å². The van der Waals surface area contributed by atoms with Crippen LogP contribution in [0.3, 0.4) is 0 Å². The zero-order valence-corrected chi connectivity index (χ0v) is 18.9. The predicted molar refractivity (Wildman–Crippen MR) is 121 cm³/mol. The van der Waals surface area contributed by atoms with Gasteiger partial charge in [0, 0.05) is 17.1 Å². The molecule has 2 aromatic heterocycles. The number of hydrogen-bond donors (Lipinski definition) is 2. The van der Waals surface area contributed by atoms with Gasteiger partial charge in [0.15, 0.2) is 5.13 Å². The van der Waals surface area contributed by atoms with E-state index in [1.165, 1.54) is 17.7 Å². The minimum atomic E-state index is -3.72. The first-order chi connectivity index (χ1) is 14.8. The molecule has 2 heterocycles. The molecule has 3 aromatic rings. The molecule has 0 aliphatic carbocycles. The van der Waals surface area contributed by atoms with E-state index in [0.717, 1.165) is 22.5 Å². The lowest BCUT2D eigenvalue weighted by Gasteiger charge is -2.06. The average Bonchev–Trinajstić information content (AvgIpc) is 3.36. The molecule has 31 heavy (non-hydrogen) atoms. The first kappa shape index (κ1) is 23.0. The summed E-state index contributed by atoms with van der Waals surface area (Å²) in [5.74, 6) is -0.902. The average molecular weight is 482 g/mol. The van der Waals surface area contributed by atoms with E-state index in [9.17, 15) is 13.2 Å². The summed E-state index contributed by atoms with van der Waals surface area (Å²) in [5, 5.41) is 2.03. The third-order valence-corrected chi connectivity index (χ3v) is 6.56. The minimum Gasteiger partial charge on any atom is -0.457 e. The number of sulfonamides is 1. The Kier molecular flexibility index (Phi) is 7.50. The van der Waals surface area contributed by atoms with Gasteiger partial charge in [-0.15, -0.1) is 11.3 Å². The fraction of sp³-hybridized carbons (Fsp3) is 0.200. The van der Waals surface area contributed by atoms with Crippen molar-refractivity contribution in [2.24, 2.45) is 5.73 Å². The van der Waals surface area contributed by atoms with Crippen LogP contribution in [0.15, 0.2) is 46.4 Å². The van der Waals surface area contributed by atoms with Gasteiger partial charge in [0.2, 0.25) is 21.7 Å². The lowest BCUT2D eigenvalue weighted by atomic mass is 10.1. The maximum absolute atomic E-state index is 12.3. The molecule has 0 aliphatic rings. The molecule has 1 aromatic carbocycles. The van der Waals surface area contributed by atoms with Crippen molar-refractivity contribution in [3.8, 4) is 5.88 Å². The second kappa shape index (κ2) is 10.1. The maximum Gasteiger partial charge on any atom is 0.381 e. The fourth-order valence-corrected chi connectivity index (χ4v) is 4.74. The van der Waals surface area contributed by atoms with Crippen molar-refractivity contribution in [2.45, 2.75) is 19.9 Å². The Morgan fingerprint density at radius 2 is 2.19 bits per heavy atom. The molecule has 11 heteroatoms. The molecular weight excluding hydrogens is 462 g/mol. The molecule has 0 aliphatic heterocycles. The van der Waals surface area contributed by atoms with Gasteiger partial charge in [-0.1, -0.05) is 42.8 Å². The number of nitrogens with one attached hydrogen (secondary N) is 1. The molecule has 0 saturated heterocycles. The summed E-state index contributed by atoms with van der Waals surface area (Å²) in [6.45, 7) is 2.12. The number of halogens is 1. The number of furan rings is 1. The number of aryl methyl sites for hydroxylation is 1. The van der Waals surface area contributed by atoms with Gasteiger partial charge in [0.1, 0.15) is 0 Å². The third kappa shape index (κ3) is 5.95. The highest BCUT2D eigenvalue weighted by molar-refractivity contribution is 7.93. The zero-order chi connectivity index (χ0) is 22.4. The first-order valence-electron chi connectivity index (χ1n) is 9.21. The molecule has 0 fully saturated rings. The standard InChI is InChI=1S/C20H20ClN3O5S2/c1-2-13-8-9-28-18(13)19(25)29-17-12-30-20(23-17)24-31(26,27)10-4-6-14-5-3-7-16(21)15(14)11-22/h3-9,12H,2,10-11,22H2,1H3,(H,23,24). The first-order valence-corrected chi connectivity index (χ1v) is 12.1. The van der Waals surface area contributed by atoms with E-state index < -0.39 is 16.0 Å². The minimum absolute atomic E-state index is 0.0202. The molecule has 164 valence electrons. The van der Waals surface area contributed by atoms with E-state index >= 15 is 0 Å². The molecule has 0 unspecified atom stereocenters. The molecule has 3 N–H and O–H groups in total. The van der Waals surface area contributed by atoms with Crippen molar-refractivity contribution in [3.63, 3.8) is 0 Å². The van der Waals surface area contributed by atoms with Crippen LogP contribution in [0, 0.1) is 0 Å². The van der Waals surface area contributed by atoms with Gasteiger partial charge in [0.25, 0.3) is 0 Å². The van der Waals surface area contributed by atoms with Crippen molar-refractivity contribution in [1.82, 2.24) is 4.98 Å². The van der Waals surface area contributed by atoms with E-state index in [2.05, 4.69) is 9.71 Å². The van der Waals surface area contributed by atoms with Gasteiger partial charge in [-0.3, -0.25) is 4.72 Å². The summed E-state index contributed by atoms with van der Waals surface area (Å²) in [4.78, 5) is 16.2. The number of esters is 1. The summed E-state index contributed by atoms with van der Waals surface area (Å²) in [5.41, 5.74) is 7.90. The van der Waals surface area contributed by atoms with Crippen LogP contribution in [0.4, 0.5) is 5.13 Å². The van der Waals surface area contributed by atoms with Gasteiger partial charge >= 0.3 is 5.97 Å². The topological polar surface area (TPSA) is 125 Å². The Bertz CT molecular complexity index is 1200. The van der Waals surface area contributed by atoms with E-state index in [4.69, 9.17) is 26.5 Å². The number of ether oxygens (including phenoxy) is 1. The lowest BCUT2D eigenvalue weighted by Crippen LogP contribution is -2.15. The highest BCUT2D eigenvalue weighted by atomic mass is 35.5. The number of nitrogens with zero attached hydrogens (tertiary/aromatic N) is 1. The van der Waals surface area contributed by atoms with Crippen molar-refractivity contribution in [2.75, 3.05) is 10.5 Å². The molecule has 0 amide bonds. The van der Waals surface area contributed by atoms with Crippen LogP contribution in [0.25, 0.3) is 6.08 Å². The second-order valence-corrected chi connectivity index (χ2v) is 9.34. The van der Waals surface area contributed by atoms with Crippen molar-refractivity contribution < 1.29 is 22.4 Å². The molecule has 8 nitrogen and oxygen atoms in total. The Morgan fingerprint density at radius 3 is 2.94 bits per heavy atom. The molecule has 3 rings (SSSR count). The SMILES string of the molecule is CCc1ccoc1C(=O)Oc1csc(NS(=O)(=O)CC=Cc2cccc(Cl)c2CN)n1. The number of carbonyl (C=O) groups is 1. The van der Waals surface area contributed by atoms with Crippen LogP contribution in [-0.2, 0) is 23.0 Å². The van der Waals surface area contributed by atoms with E-state index in [0.29, 0.717) is 17.0 Å². The Balaban J connectivity index is 1.62. The molecule has 0 atom stereocenters. The van der Waals surface area contributed by atoms with Gasteiger partial charge in [-0.25, -0.2) is 13.2 Å². The summed E-state index contributed by atoms with van der Waals surface area (Å²) in [7, 11) is -3.72. The number of hydrogen-bond acceptors (Lipinski definition) is 8. The highest BCUT2D eigenvalue weighted by Crippen LogP contribution is 2.24. The van der Waals surface area contributed by atoms with Gasteiger partial charge in [0.05, 0.1) is 17.4 Å². The summed E-state index contributed by atoms with van der Waals surface area (Å²) in [6, 6.07) is 6.97. The smallest absolute Gasteiger partial charge is 0.381 e. The monoisotopic (exact) mass is 481 g/mol. The molecular formula is C20H20ClN3O5S2. The number of aromatic nitrogens is 1. The largest absolute Gasteiger partial charge is 0.457 e. The van der Waals surface area contributed by atoms with Crippen LogP contribution in [0.1, 0.15) is 34.2 Å². The summed E-state index contributed by atoms with van der Waals surface area (Å²) >= 11 is 7.10. The summed E-state index contributed by atoms with van der Waals surface area (Å²) < 4.78 is 37.4. The van der Waals surface area contributed by atoms with Crippen molar-refractivity contribution in [1.29, 1.82) is 0 Å². The van der Waals surface area contributed by atoms with Crippen LogP contribution in [-0.4, -0.2) is 25.1 Å². The predicted octanol–water partition coefficient (Wildman–Crippen LogP) is 4.08. The van der Waals surface area contributed by atoms with Crippen LogP contribution in [0.2, 0.25) is 5.02 Å². The Morgan fingerprint density at radius 1 is 1.39 bits per heavy atom. The number of rotatable bonds is 9. The van der Waals surface area contributed by atoms with Gasteiger partial charge in [-0.2, -0.15) is 4.98 Å². The zero-order valence-electron chi connectivity index (χ0n) is 16.5. The fourth-order valence-electron chi connectivity index (χ4n) is 2.71. The highest BCUT2D eigenvalue weighted by Gasteiger charge is 2.19.